The normalized spacial score (nSPS) is 26.4. The molecule has 48 heteroatoms. The number of aromatic nitrogens is 4. The van der Waals surface area contributed by atoms with Crippen molar-refractivity contribution in [3.05, 3.63) is 89.5 Å². The third-order valence-electron chi connectivity index (χ3n) is 18.2. The van der Waals surface area contributed by atoms with Crippen LogP contribution in [0.15, 0.2) is 55.9 Å². The van der Waals surface area contributed by atoms with Gasteiger partial charge in [0.2, 0.25) is 23.6 Å². The molecule has 14 N–H and O–H groups in total. The maximum absolute atomic E-state index is 13.2. The number of amides is 6. The molecule has 0 spiro atoms. The SMILES string of the molecule is CN1C(=O)C=CC1=O.[3H]C1CC(OP(=O)(O)OC2CC(n3cc(/C=C/C(=O)NCCCCN)c(=O)[nH]c3=O)OC2CCCOP(=O)(O)OCCCCCCS)C(CO)O1.[3H]C1CC(OP(=O)(O)OC2CC(n3cc(/C=C/C(=O)NCCCCN)c(=O)[nH]c3=O)OC2CCCOP(=O)(O)OCCCCCCSC2CC(=O)N(C)C2=O)C(CO)O1. The number of nitrogens with zero attached hydrogens (tertiary/aromatic N) is 4. The zero-order chi connectivity index (χ0) is 86.8. The molecule has 2 aromatic rings. The number of carbonyl (C=O) groups excluding carboxylic acids is 6. The first kappa shape index (κ1) is 96.1. The lowest BCUT2D eigenvalue weighted by Gasteiger charge is -2.24. The summed E-state index contributed by atoms with van der Waals surface area (Å²) in [5.41, 5.74) is 7.49. The second-order valence-corrected chi connectivity index (χ2v) is 34.4. The first-order valence-electron chi connectivity index (χ1n) is 39.0. The summed E-state index contributed by atoms with van der Waals surface area (Å²) in [7, 11) is -15.7. The number of hydrogen-bond donors (Lipinski definition) is 13. The summed E-state index contributed by atoms with van der Waals surface area (Å²) < 4.78 is 133. The van der Waals surface area contributed by atoms with Gasteiger partial charge in [0.1, 0.15) is 36.9 Å². The van der Waals surface area contributed by atoms with Gasteiger partial charge < -0.3 is 70.8 Å². The summed E-state index contributed by atoms with van der Waals surface area (Å²) in [6.07, 6.45) is 7.07. The molecule has 0 aliphatic carbocycles. The molecule has 8 rings (SSSR count). The number of rotatable bonds is 50. The number of hydrogen-bond acceptors (Lipinski definition) is 32. The van der Waals surface area contributed by atoms with Crippen molar-refractivity contribution in [1.29, 1.82) is 0 Å². The molecular weight excluding hydrogens is 1660 g/mol. The van der Waals surface area contributed by atoms with Crippen molar-refractivity contribution >= 4 is 103 Å². The number of thioether (sulfide) groups is 1. The molecule has 2 aromatic heterocycles. The van der Waals surface area contributed by atoms with Gasteiger partial charge in [-0.05, 0) is 114 Å². The van der Waals surface area contributed by atoms with Crippen molar-refractivity contribution in [2.24, 2.45) is 11.5 Å². The lowest BCUT2D eigenvalue weighted by Crippen LogP contribution is -2.33. The lowest BCUT2D eigenvalue weighted by atomic mass is 10.1. The molecule has 0 bridgehead atoms. The Balaban J connectivity index is 0.000000336. The second kappa shape index (κ2) is 50.8. The van der Waals surface area contributed by atoms with Gasteiger partial charge in [-0.3, -0.25) is 103 Å². The number of aliphatic hydroxyl groups excluding tert-OH is 2. The summed E-state index contributed by atoms with van der Waals surface area (Å²) in [5.74, 6) is -0.345. The van der Waals surface area contributed by atoms with E-state index >= 15 is 0 Å². The van der Waals surface area contributed by atoms with Crippen molar-refractivity contribution in [3.8, 4) is 0 Å². The van der Waals surface area contributed by atoms with Crippen LogP contribution in [0.1, 0.15) is 161 Å². The van der Waals surface area contributed by atoms with E-state index in [0.29, 0.717) is 70.5 Å². The van der Waals surface area contributed by atoms with Crippen LogP contribution in [0.25, 0.3) is 12.2 Å². The molecular formula is C68H110N10O32P4S2. The van der Waals surface area contributed by atoms with Crippen LogP contribution < -0.4 is 44.6 Å². The van der Waals surface area contributed by atoms with Crippen LogP contribution in [-0.2, 0) is 102 Å². The zero-order valence-corrected chi connectivity index (χ0v) is 69.6. The van der Waals surface area contributed by atoms with E-state index in [-0.39, 0.29) is 124 Å². The van der Waals surface area contributed by atoms with Crippen molar-refractivity contribution in [1.82, 2.24) is 39.5 Å². The number of H-pyrrole nitrogens is 2. The predicted molar refractivity (Wildman–Crippen MR) is 421 cm³/mol. The van der Waals surface area contributed by atoms with Gasteiger partial charge in [0.05, 0.1) is 83.2 Å². The first-order valence-corrected chi connectivity index (χ1v) is 45.5. The Hall–Kier alpha value is -5.38. The number of phosphoric ester groups is 4. The molecule has 0 saturated carbocycles. The third-order valence-corrected chi connectivity index (χ3v) is 24.0. The Morgan fingerprint density at radius 2 is 0.974 bits per heavy atom. The molecule has 5 saturated heterocycles. The number of likely N-dealkylation sites (tertiary alicyclic amines) is 1. The van der Waals surface area contributed by atoms with Crippen LogP contribution in [0.5, 0.6) is 0 Å². The molecule has 6 amide bonds. The number of aromatic amines is 2. The van der Waals surface area contributed by atoms with Crippen molar-refractivity contribution < 1.29 is 135 Å². The molecule has 17 atom stereocenters. The fourth-order valence-corrected chi connectivity index (χ4v) is 17.3. The fourth-order valence-electron chi connectivity index (χ4n) is 11.9. The molecule has 42 nitrogen and oxygen atoms in total. The van der Waals surface area contributed by atoms with E-state index in [1.165, 1.54) is 56.4 Å². The van der Waals surface area contributed by atoms with Gasteiger partial charge in [-0.2, -0.15) is 12.6 Å². The van der Waals surface area contributed by atoms with Crippen molar-refractivity contribution in [2.75, 3.05) is 105 Å². The van der Waals surface area contributed by atoms with Gasteiger partial charge in [-0.15, -0.1) is 11.8 Å². The third kappa shape index (κ3) is 34.6. The van der Waals surface area contributed by atoms with E-state index in [1.807, 2.05) is 0 Å². The summed E-state index contributed by atoms with van der Waals surface area (Å²) >= 11 is 5.59. The fraction of sp³-hybridized carbons (Fsp3) is 0.706. The molecule has 6 aliphatic heterocycles. The molecule has 656 valence electrons. The lowest BCUT2D eigenvalue weighted by molar-refractivity contribution is -0.137. The van der Waals surface area contributed by atoms with E-state index in [9.17, 15) is 96.0 Å². The van der Waals surface area contributed by atoms with Crippen LogP contribution in [0.2, 0.25) is 0 Å². The quantitative estimate of drug-likeness (QED) is 0.0149. The van der Waals surface area contributed by atoms with E-state index in [2.05, 4.69) is 33.2 Å². The van der Waals surface area contributed by atoms with Crippen LogP contribution in [0.3, 0.4) is 0 Å². The van der Waals surface area contributed by atoms with Gasteiger partial charge in [-0.1, -0.05) is 25.7 Å². The maximum atomic E-state index is 13.2. The van der Waals surface area contributed by atoms with Crippen LogP contribution in [0, 0.1) is 0 Å². The first-order chi connectivity index (χ1) is 56.0. The number of likely N-dealkylation sites (N-methyl/N-ethyl adjacent to an activating group) is 1. The number of thiol groups is 1. The standard InChI is InChI=1S/C34H55N5O16P2S.C29H50N4O14P2S.C5H5NO2/c1-38-30(42)20-28(33(38)44)58-18-7-3-2-6-15-51-56(46,47)52-16-8-9-24-26(55-57(48,49)54-25-12-17-50-27(25)22-40)19-31(53-24)39-21-23(32(43)37-34(39)45)10-11-29(41)36-14-5-4-13-35;30-12-3-4-13-31-26(35)10-9-21-19-33(29(37)32-28(21)36)27-18-24(47-49(40,41)46-23-11-16-42-25(23)20-34)22(45-27)8-7-15-44-48(38,39)43-14-5-1-2-6-17-50;1-6-4(7)2-3-5(6)8/h10-11,21,24-28,31,40H,2-9,12-20,22,35H2,1H3,(H,36,41)(H,46,47)(H,48,49)(H,37,43,45);9-10,19,22-25,27,34,50H,1-8,11-18,20,30H2,(H,31,35)(H,38,39)(H,40,41)(H,32,36,37);2-3H,1H3/b11-10+;10-9+;/i17T;16T;. The highest BCUT2D eigenvalue weighted by molar-refractivity contribution is 8.00. The van der Waals surface area contributed by atoms with E-state index < -0.39 is 153 Å². The van der Waals surface area contributed by atoms with E-state index in [0.717, 1.165) is 81.6 Å². The Morgan fingerprint density at radius 1 is 0.569 bits per heavy atom. The number of ether oxygens (including phenoxy) is 4. The molecule has 0 radical (unpaired) electrons. The highest BCUT2D eigenvalue weighted by Gasteiger charge is 2.47. The number of nitrogens with one attached hydrogen (secondary N) is 4. The molecule has 5 fully saturated rings. The number of imide groups is 2. The average Bonchev–Trinajstić information content (AvgIpc) is 1.67. The predicted octanol–water partition coefficient (Wildman–Crippen LogP) is 2.60. The van der Waals surface area contributed by atoms with Gasteiger partial charge in [0, 0.05) is 109 Å². The van der Waals surface area contributed by atoms with Crippen molar-refractivity contribution in [3.63, 3.8) is 0 Å². The Bertz CT molecular complexity index is 4130. The minimum atomic E-state index is -4.92. The van der Waals surface area contributed by atoms with E-state index in [1.54, 1.807) is 0 Å². The molecule has 8 heterocycles. The number of unbranched alkanes of at least 4 members (excludes halogenated alkanes) is 8. The van der Waals surface area contributed by atoms with Crippen molar-refractivity contribution in [2.45, 2.75) is 201 Å². The van der Waals surface area contributed by atoms with Gasteiger partial charge >= 0.3 is 42.7 Å². The molecule has 0 aromatic carbocycles. The zero-order valence-electron chi connectivity index (χ0n) is 66.3. The Labute approximate surface area is 681 Å². The number of aliphatic hydroxyl groups is 2. The summed E-state index contributed by atoms with van der Waals surface area (Å²) in [5, 5.41) is 24.1. The molecule has 6 aliphatic rings. The molecule has 17 unspecified atom stereocenters. The highest BCUT2D eigenvalue weighted by Crippen LogP contribution is 2.53. The Kier molecular flexibility index (Phi) is 42.0. The van der Waals surface area contributed by atoms with Crippen LogP contribution in [-0.4, -0.2) is 253 Å². The van der Waals surface area contributed by atoms with Gasteiger partial charge in [0.25, 0.3) is 22.9 Å². The topological polar surface area (TPSA) is 595 Å². The van der Waals surface area contributed by atoms with Gasteiger partial charge in [0.15, 0.2) is 0 Å². The average molecular weight is 1770 g/mol. The highest BCUT2D eigenvalue weighted by atomic mass is 32.2. The minimum absolute atomic E-state index is 0.0197. The maximum Gasteiger partial charge on any atom is 0.472 e. The summed E-state index contributed by atoms with van der Waals surface area (Å²) in [4.78, 5) is 168. The van der Waals surface area contributed by atoms with Crippen LogP contribution >= 0.6 is 55.7 Å². The summed E-state index contributed by atoms with van der Waals surface area (Å²) in [6.45, 7) is -2.17. The van der Waals surface area contributed by atoms with Gasteiger partial charge in [-0.25, -0.2) is 27.8 Å². The smallest absolute Gasteiger partial charge is 0.394 e. The minimum Gasteiger partial charge on any atom is -0.394 e. The number of carbonyl (C=O) groups is 6. The monoisotopic (exact) mass is 1770 g/mol. The van der Waals surface area contributed by atoms with Crippen LogP contribution in [0.4, 0.5) is 0 Å². The number of phosphoric acid groups is 4. The molecule has 116 heavy (non-hydrogen) atoms. The Morgan fingerprint density at radius 3 is 1.35 bits per heavy atom. The number of nitrogens with two attached hydrogens (primary N) is 2. The largest absolute Gasteiger partial charge is 0.472 e. The second-order valence-electron chi connectivity index (χ2n) is 27.0. The summed E-state index contributed by atoms with van der Waals surface area (Å²) in [6, 6.07) is 0. The van der Waals surface area contributed by atoms with E-state index in [4.69, 9.17) is 69.3 Å².